The van der Waals surface area contributed by atoms with Gasteiger partial charge in [-0.15, -0.1) is 0 Å². The molecule has 3 rings (SSSR count). The van der Waals surface area contributed by atoms with E-state index in [0.717, 1.165) is 11.1 Å². The lowest BCUT2D eigenvalue weighted by atomic mass is 10.1. The lowest BCUT2D eigenvalue weighted by molar-refractivity contribution is 0.0783. The van der Waals surface area contributed by atoms with Gasteiger partial charge in [0, 0.05) is 30.4 Å². The molecular weight excluding hydrogens is 384 g/mol. The molecule has 30 heavy (non-hydrogen) atoms. The van der Waals surface area contributed by atoms with Crippen LogP contribution in [0, 0.1) is 6.92 Å². The van der Waals surface area contributed by atoms with Gasteiger partial charge in [-0.3, -0.25) is 9.59 Å². The van der Waals surface area contributed by atoms with Crippen LogP contribution in [0.25, 0.3) is 0 Å². The second kappa shape index (κ2) is 9.17. The lowest BCUT2D eigenvalue weighted by Crippen LogP contribution is -2.26. The van der Waals surface area contributed by atoms with E-state index in [2.05, 4.69) is 5.32 Å². The van der Waals surface area contributed by atoms with E-state index < -0.39 is 0 Å². The summed E-state index contributed by atoms with van der Waals surface area (Å²) in [5.74, 6) is 0.841. The van der Waals surface area contributed by atoms with Crippen LogP contribution in [-0.2, 0) is 6.54 Å². The predicted molar refractivity (Wildman–Crippen MR) is 113 cm³/mol. The molecule has 1 aromatic heterocycles. The molecule has 0 aliphatic carbocycles. The van der Waals surface area contributed by atoms with Crippen LogP contribution in [-0.4, -0.2) is 38.0 Å². The number of para-hydroxylation sites is 1. The maximum atomic E-state index is 13.0. The number of aryl methyl sites for hydroxylation is 1. The number of rotatable bonds is 7. The number of carbonyl (C=O) groups is 2. The molecule has 2 amide bonds. The zero-order chi connectivity index (χ0) is 21.7. The summed E-state index contributed by atoms with van der Waals surface area (Å²) in [4.78, 5) is 26.9. The van der Waals surface area contributed by atoms with Crippen molar-refractivity contribution in [3.8, 4) is 11.5 Å². The second-order valence-electron chi connectivity index (χ2n) is 6.77. The van der Waals surface area contributed by atoms with E-state index in [0.29, 0.717) is 29.3 Å². The Morgan fingerprint density at radius 1 is 1.07 bits per heavy atom. The number of ether oxygens (including phenoxy) is 2. The molecule has 0 aliphatic heterocycles. The Morgan fingerprint density at radius 2 is 1.87 bits per heavy atom. The third-order valence-corrected chi connectivity index (χ3v) is 4.72. The van der Waals surface area contributed by atoms with Crippen molar-refractivity contribution in [2.24, 2.45) is 0 Å². The average Bonchev–Trinajstić information content (AvgIpc) is 3.29. The number of methoxy groups -OCH3 is 2. The van der Waals surface area contributed by atoms with Crippen LogP contribution in [0.2, 0.25) is 0 Å². The second-order valence-corrected chi connectivity index (χ2v) is 6.77. The van der Waals surface area contributed by atoms with Crippen molar-refractivity contribution in [2.75, 3.05) is 26.6 Å². The van der Waals surface area contributed by atoms with Gasteiger partial charge in [-0.1, -0.05) is 18.2 Å². The molecule has 3 aromatic rings. The van der Waals surface area contributed by atoms with Crippen LogP contribution in [0.1, 0.15) is 32.0 Å². The number of benzene rings is 2. The molecule has 1 N–H and O–H groups in total. The molecule has 0 unspecified atom stereocenters. The molecule has 7 nitrogen and oxygen atoms in total. The summed E-state index contributed by atoms with van der Waals surface area (Å²) < 4.78 is 15.9. The van der Waals surface area contributed by atoms with Crippen molar-refractivity contribution < 1.29 is 23.5 Å². The monoisotopic (exact) mass is 408 g/mol. The number of nitrogens with one attached hydrogen (secondary N) is 1. The van der Waals surface area contributed by atoms with E-state index in [-0.39, 0.29) is 17.6 Å². The van der Waals surface area contributed by atoms with E-state index in [1.54, 1.807) is 62.6 Å². The van der Waals surface area contributed by atoms with E-state index >= 15 is 0 Å². The quantitative estimate of drug-likeness (QED) is 0.636. The minimum Gasteiger partial charge on any atom is -0.493 e. The maximum Gasteiger partial charge on any atom is 0.291 e. The Morgan fingerprint density at radius 3 is 2.53 bits per heavy atom. The SMILES string of the molecule is COc1cccc(CN(C)C(=O)c2ccc(C)c(NC(=O)c3ccco3)c2)c1OC. The van der Waals surface area contributed by atoms with Crippen molar-refractivity contribution in [3.05, 3.63) is 77.2 Å². The number of hydrogen-bond donors (Lipinski definition) is 1. The van der Waals surface area contributed by atoms with Crippen LogP contribution in [0.15, 0.2) is 59.2 Å². The Kier molecular flexibility index (Phi) is 6.41. The standard InChI is InChI=1S/C23H24N2O5/c1-15-10-11-16(13-18(15)24-22(26)20-9-6-12-30-20)23(27)25(2)14-17-7-5-8-19(28-3)21(17)29-4/h5-13H,14H2,1-4H3,(H,24,26). The third-order valence-electron chi connectivity index (χ3n) is 4.72. The minimum atomic E-state index is -0.373. The van der Waals surface area contributed by atoms with Gasteiger partial charge in [-0.2, -0.15) is 0 Å². The first-order valence-corrected chi connectivity index (χ1v) is 9.35. The van der Waals surface area contributed by atoms with Gasteiger partial charge in [0.1, 0.15) is 0 Å². The largest absolute Gasteiger partial charge is 0.493 e. The first-order chi connectivity index (χ1) is 14.4. The summed E-state index contributed by atoms with van der Waals surface area (Å²) in [7, 11) is 4.85. The van der Waals surface area contributed by atoms with E-state index in [1.807, 2.05) is 19.1 Å². The number of anilines is 1. The van der Waals surface area contributed by atoms with Gasteiger partial charge in [0.2, 0.25) is 0 Å². The summed E-state index contributed by atoms with van der Waals surface area (Å²) in [5, 5.41) is 2.79. The summed E-state index contributed by atoms with van der Waals surface area (Å²) in [6, 6.07) is 14.0. The highest BCUT2D eigenvalue weighted by Crippen LogP contribution is 2.31. The highest BCUT2D eigenvalue weighted by atomic mass is 16.5. The zero-order valence-electron chi connectivity index (χ0n) is 17.4. The lowest BCUT2D eigenvalue weighted by Gasteiger charge is -2.20. The van der Waals surface area contributed by atoms with Crippen molar-refractivity contribution in [3.63, 3.8) is 0 Å². The Bertz CT molecular complexity index is 1040. The van der Waals surface area contributed by atoms with Crippen molar-refractivity contribution in [1.29, 1.82) is 0 Å². The van der Waals surface area contributed by atoms with Crippen molar-refractivity contribution in [1.82, 2.24) is 4.90 Å². The maximum absolute atomic E-state index is 13.0. The highest BCUT2D eigenvalue weighted by Gasteiger charge is 2.18. The van der Waals surface area contributed by atoms with Crippen LogP contribution in [0.4, 0.5) is 5.69 Å². The van der Waals surface area contributed by atoms with Crippen LogP contribution < -0.4 is 14.8 Å². The Labute approximate surface area is 175 Å². The van der Waals surface area contributed by atoms with Gasteiger partial charge in [0.15, 0.2) is 17.3 Å². The van der Waals surface area contributed by atoms with E-state index in [1.165, 1.54) is 6.26 Å². The number of amides is 2. The third kappa shape index (κ3) is 4.46. The molecule has 2 aromatic carbocycles. The normalized spacial score (nSPS) is 10.4. The number of carbonyl (C=O) groups excluding carboxylic acids is 2. The van der Waals surface area contributed by atoms with Crippen LogP contribution in [0.3, 0.4) is 0 Å². The molecule has 0 radical (unpaired) electrons. The smallest absolute Gasteiger partial charge is 0.291 e. The molecule has 7 heteroatoms. The van der Waals surface area contributed by atoms with Crippen molar-refractivity contribution in [2.45, 2.75) is 13.5 Å². The van der Waals surface area contributed by atoms with Gasteiger partial charge in [-0.05, 0) is 42.8 Å². The average molecular weight is 408 g/mol. The number of furan rings is 1. The Balaban J connectivity index is 1.79. The topological polar surface area (TPSA) is 81.0 Å². The molecule has 0 fully saturated rings. The highest BCUT2D eigenvalue weighted by molar-refractivity contribution is 6.03. The fraction of sp³-hybridized carbons (Fsp3) is 0.217. The molecule has 0 spiro atoms. The minimum absolute atomic E-state index is 0.187. The molecule has 1 heterocycles. The van der Waals surface area contributed by atoms with Gasteiger partial charge in [-0.25, -0.2) is 0 Å². The van der Waals surface area contributed by atoms with Gasteiger partial charge in [0.25, 0.3) is 11.8 Å². The van der Waals surface area contributed by atoms with Gasteiger partial charge >= 0.3 is 0 Å². The summed E-state index contributed by atoms with van der Waals surface area (Å²) >= 11 is 0. The number of hydrogen-bond acceptors (Lipinski definition) is 5. The molecule has 0 aliphatic rings. The van der Waals surface area contributed by atoms with Crippen LogP contribution >= 0.6 is 0 Å². The van der Waals surface area contributed by atoms with Crippen LogP contribution in [0.5, 0.6) is 11.5 Å². The van der Waals surface area contributed by atoms with E-state index in [4.69, 9.17) is 13.9 Å². The molecule has 0 saturated carbocycles. The Hall–Kier alpha value is -3.74. The van der Waals surface area contributed by atoms with Gasteiger partial charge < -0.3 is 24.1 Å². The van der Waals surface area contributed by atoms with Crippen molar-refractivity contribution >= 4 is 17.5 Å². The summed E-state index contributed by atoms with van der Waals surface area (Å²) in [6.45, 7) is 2.19. The molecule has 156 valence electrons. The fourth-order valence-corrected chi connectivity index (χ4v) is 3.11. The summed E-state index contributed by atoms with van der Waals surface area (Å²) in [5.41, 5.74) is 2.67. The zero-order valence-corrected chi connectivity index (χ0v) is 17.4. The molecule has 0 saturated heterocycles. The molecule has 0 bridgehead atoms. The first-order valence-electron chi connectivity index (χ1n) is 9.35. The molecule has 0 atom stereocenters. The predicted octanol–water partition coefficient (Wildman–Crippen LogP) is 4.13. The number of nitrogens with zero attached hydrogens (tertiary/aromatic N) is 1. The molecular formula is C23H24N2O5. The van der Waals surface area contributed by atoms with Gasteiger partial charge in [0.05, 0.1) is 20.5 Å². The summed E-state index contributed by atoms with van der Waals surface area (Å²) in [6.07, 6.45) is 1.43. The van der Waals surface area contributed by atoms with E-state index in [9.17, 15) is 9.59 Å². The fourth-order valence-electron chi connectivity index (χ4n) is 3.11. The first kappa shape index (κ1) is 21.0.